The number of anilines is 1. The monoisotopic (exact) mass is 338 g/mol. The molecule has 0 saturated heterocycles. The van der Waals surface area contributed by atoms with Crippen LogP contribution in [-0.2, 0) is 4.79 Å². The van der Waals surface area contributed by atoms with Crippen LogP contribution in [0.3, 0.4) is 0 Å². The van der Waals surface area contributed by atoms with E-state index in [9.17, 15) is 9.59 Å². The van der Waals surface area contributed by atoms with Crippen molar-refractivity contribution < 1.29 is 9.59 Å². The molecule has 2 aromatic rings. The molecule has 0 saturated carbocycles. The van der Waals surface area contributed by atoms with Crippen LogP contribution in [-0.4, -0.2) is 11.8 Å². The lowest BCUT2D eigenvalue weighted by Crippen LogP contribution is -2.27. The number of carbonyl (C=O) groups excluding carboxylic acids is 2. The Bertz CT molecular complexity index is 709. The second kappa shape index (κ2) is 9.02. The van der Waals surface area contributed by atoms with Crippen molar-refractivity contribution in [1.82, 2.24) is 5.32 Å². The molecule has 0 unspecified atom stereocenters. The van der Waals surface area contributed by atoms with Crippen LogP contribution >= 0.6 is 0 Å². The highest BCUT2D eigenvalue weighted by atomic mass is 16.2. The van der Waals surface area contributed by atoms with Gasteiger partial charge in [0, 0.05) is 17.2 Å². The minimum atomic E-state index is -0.157. The number of hydrogen-bond acceptors (Lipinski definition) is 2. The van der Waals surface area contributed by atoms with Crippen LogP contribution in [0.4, 0.5) is 5.69 Å². The molecule has 0 aliphatic heterocycles. The van der Waals surface area contributed by atoms with Crippen LogP contribution in [0.15, 0.2) is 54.6 Å². The largest absolute Gasteiger partial charge is 0.346 e. The summed E-state index contributed by atoms with van der Waals surface area (Å²) < 4.78 is 0. The molecule has 2 rings (SSSR count). The minimum absolute atomic E-state index is 0.000196. The Morgan fingerprint density at radius 2 is 1.64 bits per heavy atom. The molecule has 4 heteroatoms. The predicted octanol–water partition coefficient (Wildman–Crippen LogP) is 4.55. The fourth-order valence-corrected chi connectivity index (χ4v) is 2.75. The Kier molecular flexibility index (Phi) is 6.75. The van der Waals surface area contributed by atoms with E-state index in [1.165, 1.54) is 0 Å². The van der Waals surface area contributed by atoms with Gasteiger partial charge in [0.05, 0.1) is 6.04 Å². The summed E-state index contributed by atoms with van der Waals surface area (Å²) in [6, 6.07) is 16.8. The fourth-order valence-electron chi connectivity index (χ4n) is 2.75. The molecule has 132 valence electrons. The standard InChI is InChI=1S/C21H26N2O2/c1-4-16(5-2)20(24)23-19-13-9-12-18(14-19)21(25)22-15(3)17-10-7-6-8-11-17/h6-16H,4-5H2,1-3H3,(H,22,25)(H,23,24)/t15-/m0/s1. The van der Waals surface area contributed by atoms with E-state index in [1.54, 1.807) is 24.3 Å². The molecular formula is C21H26N2O2. The van der Waals surface area contributed by atoms with E-state index in [2.05, 4.69) is 10.6 Å². The third kappa shape index (κ3) is 5.18. The SMILES string of the molecule is CCC(CC)C(=O)Nc1cccc(C(=O)N[C@@H](C)c2ccccc2)c1. The van der Waals surface area contributed by atoms with Crippen LogP contribution in [0.5, 0.6) is 0 Å². The fraction of sp³-hybridized carbons (Fsp3) is 0.333. The van der Waals surface area contributed by atoms with E-state index in [-0.39, 0.29) is 23.8 Å². The molecule has 0 spiro atoms. The van der Waals surface area contributed by atoms with Crippen molar-refractivity contribution in [1.29, 1.82) is 0 Å². The van der Waals surface area contributed by atoms with Gasteiger partial charge in [-0.25, -0.2) is 0 Å². The van der Waals surface area contributed by atoms with E-state index in [0.29, 0.717) is 11.3 Å². The van der Waals surface area contributed by atoms with Crippen LogP contribution in [0.25, 0.3) is 0 Å². The molecule has 0 radical (unpaired) electrons. The smallest absolute Gasteiger partial charge is 0.251 e. The zero-order valence-corrected chi connectivity index (χ0v) is 15.1. The van der Waals surface area contributed by atoms with Gasteiger partial charge in [0.25, 0.3) is 5.91 Å². The number of carbonyl (C=O) groups is 2. The topological polar surface area (TPSA) is 58.2 Å². The highest BCUT2D eigenvalue weighted by Gasteiger charge is 2.15. The first kappa shape index (κ1) is 18.7. The summed E-state index contributed by atoms with van der Waals surface area (Å²) in [4.78, 5) is 24.7. The van der Waals surface area contributed by atoms with Crippen molar-refractivity contribution in [2.75, 3.05) is 5.32 Å². The minimum Gasteiger partial charge on any atom is -0.346 e. The summed E-state index contributed by atoms with van der Waals surface area (Å²) >= 11 is 0. The zero-order chi connectivity index (χ0) is 18.2. The van der Waals surface area contributed by atoms with Crippen molar-refractivity contribution in [2.45, 2.75) is 39.7 Å². The van der Waals surface area contributed by atoms with Gasteiger partial charge < -0.3 is 10.6 Å². The molecule has 0 aliphatic carbocycles. The number of hydrogen-bond donors (Lipinski definition) is 2. The summed E-state index contributed by atoms with van der Waals surface area (Å²) in [5.41, 5.74) is 2.23. The second-order valence-electron chi connectivity index (χ2n) is 6.19. The van der Waals surface area contributed by atoms with Gasteiger partial charge in [-0.05, 0) is 43.5 Å². The summed E-state index contributed by atoms with van der Waals surface area (Å²) in [7, 11) is 0. The lowest BCUT2D eigenvalue weighted by Gasteiger charge is -2.16. The van der Waals surface area contributed by atoms with Crippen molar-refractivity contribution >= 4 is 17.5 Å². The number of rotatable bonds is 7. The predicted molar refractivity (Wildman–Crippen MR) is 101 cm³/mol. The molecule has 0 aliphatic rings. The molecule has 0 bridgehead atoms. The Morgan fingerprint density at radius 1 is 0.960 bits per heavy atom. The highest BCUT2D eigenvalue weighted by Crippen LogP contribution is 2.17. The van der Waals surface area contributed by atoms with E-state index in [0.717, 1.165) is 18.4 Å². The number of amides is 2. The molecule has 0 fully saturated rings. The van der Waals surface area contributed by atoms with E-state index in [4.69, 9.17) is 0 Å². The molecule has 4 nitrogen and oxygen atoms in total. The first-order valence-electron chi connectivity index (χ1n) is 8.81. The van der Waals surface area contributed by atoms with E-state index >= 15 is 0 Å². The molecule has 0 aromatic heterocycles. The Balaban J connectivity index is 2.05. The van der Waals surface area contributed by atoms with Crippen molar-refractivity contribution in [3.8, 4) is 0 Å². The van der Waals surface area contributed by atoms with Gasteiger partial charge in [0.1, 0.15) is 0 Å². The van der Waals surface area contributed by atoms with Crippen molar-refractivity contribution in [2.24, 2.45) is 5.92 Å². The first-order valence-corrected chi connectivity index (χ1v) is 8.81. The van der Waals surface area contributed by atoms with Crippen LogP contribution in [0.2, 0.25) is 0 Å². The Hall–Kier alpha value is -2.62. The van der Waals surface area contributed by atoms with Crippen LogP contribution < -0.4 is 10.6 Å². The highest BCUT2D eigenvalue weighted by molar-refractivity contribution is 5.97. The van der Waals surface area contributed by atoms with Gasteiger partial charge >= 0.3 is 0 Å². The van der Waals surface area contributed by atoms with Crippen molar-refractivity contribution in [3.05, 3.63) is 65.7 Å². The van der Waals surface area contributed by atoms with Crippen LogP contribution in [0, 0.1) is 5.92 Å². The maximum atomic E-state index is 12.5. The quantitative estimate of drug-likeness (QED) is 0.778. The average molecular weight is 338 g/mol. The van der Waals surface area contributed by atoms with E-state index < -0.39 is 0 Å². The third-order valence-electron chi connectivity index (χ3n) is 4.40. The molecule has 2 aromatic carbocycles. The average Bonchev–Trinajstić information content (AvgIpc) is 2.63. The molecule has 0 heterocycles. The van der Waals surface area contributed by atoms with Gasteiger partial charge in [-0.2, -0.15) is 0 Å². The van der Waals surface area contributed by atoms with Crippen molar-refractivity contribution in [3.63, 3.8) is 0 Å². The normalized spacial score (nSPS) is 11.8. The van der Waals surface area contributed by atoms with E-state index in [1.807, 2.05) is 51.1 Å². The summed E-state index contributed by atoms with van der Waals surface area (Å²) in [5.74, 6) is -0.161. The Labute approximate surface area is 149 Å². The lowest BCUT2D eigenvalue weighted by molar-refractivity contribution is -0.120. The molecule has 25 heavy (non-hydrogen) atoms. The van der Waals surface area contributed by atoms with Gasteiger partial charge in [-0.15, -0.1) is 0 Å². The van der Waals surface area contributed by atoms with Gasteiger partial charge in [0.2, 0.25) is 5.91 Å². The molecule has 2 amide bonds. The van der Waals surface area contributed by atoms with Gasteiger partial charge in [-0.3, -0.25) is 9.59 Å². The molecular weight excluding hydrogens is 312 g/mol. The lowest BCUT2D eigenvalue weighted by atomic mass is 10.0. The number of benzene rings is 2. The third-order valence-corrected chi connectivity index (χ3v) is 4.40. The summed E-state index contributed by atoms with van der Waals surface area (Å²) in [6.07, 6.45) is 1.61. The molecule has 2 N–H and O–H groups in total. The zero-order valence-electron chi connectivity index (χ0n) is 15.1. The van der Waals surface area contributed by atoms with Gasteiger partial charge in [-0.1, -0.05) is 50.2 Å². The summed E-state index contributed by atoms with van der Waals surface area (Å²) in [5, 5.41) is 5.89. The number of nitrogens with one attached hydrogen (secondary N) is 2. The maximum Gasteiger partial charge on any atom is 0.251 e. The molecule has 1 atom stereocenters. The van der Waals surface area contributed by atoms with Crippen LogP contribution in [0.1, 0.15) is 55.6 Å². The first-order chi connectivity index (χ1) is 12.0. The summed E-state index contributed by atoms with van der Waals surface area (Å²) in [6.45, 7) is 5.96. The Morgan fingerprint density at radius 3 is 2.28 bits per heavy atom. The maximum absolute atomic E-state index is 12.5. The second-order valence-corrected chi connectivity index (χ2v) is 6.19. The van der Waals surface area contributed by atoms with Gasteiger partial charge in [0.15, 0.2) is 0 Å².